The Kier molecular flexibility index (Phi) is 5.30. The second-order valence-corrected chi connectivity index (χ2v) is 6.61. The van der Waals surface area contributed by atoms with Gasteiger partial charge in [-0.1, -0.05) is 6.92 Å². The largest absolute Gasteiger partial charge is 0.380 e. The Morgan fingerprint density at radius 2 is 2.17 bits per heavy atom. The van der Waals surface area contributed by atoms with Crippen molar-refractivity contribution in [3.63, 3.8) is 0 Å². The van der Waals surface area contributed by atoms with Gasteiger partial charge in [-0.25, -0.2) is 4.98 Å². The molecule has 2 fully saturated rings. The van der Waals surface area contributed by atoms with Crippen molar-refractivity contribution in [3.05, 3.63) is 27.9 Å². The van der Waals surface area contributed by atoms with E-state index in [1.807, 2.05) is 11.8 Å². The summed E-state index contributed by atoms with van der Waals surface area (Å²) in [6.07, 6.45) is 3.62. The topological polar surface area (TPSA) is 78.5 Å². The van der Waals surface area contributed by atoms with Crippen molar-refractivity contribution in [2.24, 2.45) is 0 Å². The zero-order valence-electron chi connectivity index (χ0n) is 14.5. The summed E-state index contributed by atoms with van der Waals surface area (Å²) in [5.41, 5.74) is 0.639. The molecule has 2 atom stereocenters. The average Bonchev–Trinajstić information content (AvgIpc) is 3.23. The van der Waals surface area contributed by atoms with E-state index >= 15 is 0 Å². The fourth-order valence-corrected chi connectivity index (χ4v) is 3.62. The van der Waals surface area contributed by atoms with Gasteiger partial charge in [0.2, 0.25) is 5.91 Å². The first-order chi connectivity index (χ1) is 11.6. The summed E-state index contributed by atoms with van der Waals surface area (Å²) in [4.78, 5) is 35.9. The number of carbonyl (C=O) groups excluding carboxylic acids is 1. The van der Waals surface area contributed by atoms with E-state index in [-0.39, 0.29) is 23.6 Å². The number of methoxy groups -OCH3 is 1. The molecule has 0 saturated carbocycles. The predicted octanol–water partition coefficient (Wildman–Crippen LogP) is 0.544. The number of nitrogens with zero attached hydrogens (tertiary/aromatic N) is 3. The molecule has 3 heterocycles. The normalized spacial score (nSPS) is 24.7. The van der Waals surface area contributed by atoms with E-state index in [9.17, 15) is 9.59 Å². The summed E-state index contributed by atoms with van der Waals surface area (Å²) >= 11 is 0. The van der Waals surface area contributed by atoms with Crippen molar-refractivity contribution in [2.75, 3.05) is 26.7 Å². The van der Waals surface area contributed by atoms with Crippen LogP contribution in [0.5, 0.6) is 0 Å². The van der Waals surface area contributed by atoms with Gasteiger partial charge in [0, 0.05) is 38.5 Å². The van der Waals surface area contributed by atoms with Gasteiger partial charge in [-0.05, 0) is 25.7 Å². The van der Waals surface area contributed by atoms with Crippen LogP contribution in [0.3, 0.4) is 0 Å². The Balaban J connectivity index is 1.77. The van der Waals surface area contributed by atoms with Gasteiger partial charge in [-0.15, -0.1) is 0 Å². The Hall–Kier alpha value is -1.73. The van der Waals surface area contributed by atoms with Crippen LogP contribution in [0.25, 0.3) is 0 Å². The molecular formula is C17H26N4O3. The lowest BCUT2D eigenvalue weighted by atomic mass is 10.1. The van der Waals surface area contributed by atoms with Gasteiger partial charge in [-0.3, -0.25) is 14.5 Å². The van der Waals surface area contributed by atoms with Crippen LogP contribution in [0, 0.1) is 0 Å². The summed E-state index contributed by atoms with van der Waals surface area (Å²) in [6.45, 7) is 4.82. The Labute approximate surface area is 142 Å². The number of nitrogens with one attached hydrogen (secondary N) is 1. The number of rotatable bonds is 5. The van der Waals surface area contributed by atoms with Crippen LogP contribution in [0.1, 0.15) is 37.7 Å². The summed E-state index contributed by atoms with van der Waals surface area (Å²) in [7, 11) is 1.68. The molecule has 132 valence electrons. The molecule has 0 spiro atoms. The molecule has 0 radical (unpaired) electrons. The number of amides is 1. The number of aromatic nitrogens is 2. The summed E-state index contributed by atoms with van der Waals surface area (Å²) < 4.78 is 5.49. The fourth-order valence-electron chi connectivity index (χ4n) is 3.62. The monoisotopic (exact) mass is 334 g/mol. The molecule has 1 amide bonds. The van der Waals surface area contributed by atoms with E-state index in [0.717, 1.165) is 31.6 Å². The number of hydrogen-bond acceptors (Lipinski definition) is 5. The highest BCUT2D eigenvalue weighted by Gasteiger charge is 2.39. The SMILES string of the molecule is CCc1cc(=O)[nH]c(CN2C[C@@H](OC)C[C@H]2C(=O)N2CCCC2)n1. The summed E-state index contributed by atoms with van der Waals surface area (Å²) in [6, 6.07) is 1.34. The number of aryl methyl sites for hydroxylation is 1. The Morgan fingerprint density at radius 3 is 2.83 bits per heavy atom. The van der Waals surface area contributed by atoms with Gasteiger partial charge in [0.05, 0.1) is 18.7 Å². The van der Waals surface area contributed by atoms with E-state index in [1.165, 1.54) is 6.07 Å². The minimum absolute atomic E-state index is 0.0441. The number of carbonyl (C=O) groups is 1. The lowest BCUT2D eigenvalue weighted by Gasteiger charge is -2.27. The molecule has 0 aliphatic carbocycles. The van der Waals surface area contributed by atoms with Crippen molar-refractivity contribution in [2.45, 2.75) is 51.3 Å². The third-order valence-corrected chi connectivity index (χ3v) is 4.96. The lowest BCUT2D eigenvalue weighted by Crippen LogP contribution is -2.44. The maximum atomic E-state index is 12.8. The van der Waals surface area contributed by atoms with Crippen LogP contribution in [-0.2, 0) is 22.5 Å². The smallest absolute Gasteiger partial charge is 0.251 e. The van der Waals surface area contributed by atoms with E-state index in [4.69, 9.17) is 4.74 Å². The van der Waals surface area contributed by atoms with E-state index in [1.54, 1.807) is 7.11 Å². The Morgan fingerprint density at radius 1 is 1.42 bits per heavy atom. The second-order valence-electron chi connectivity index (χ2n) is 6.61. The number of aromatic amines is 1. The molecule has 7 heteroatoms. The maximum absolute atomic E-state index is 12.8. The Bertz CT molecular complexity index is 639. The highest BCUT2D eigenvalue weighted by Crippen LogP contribution is 2.24. The van der Waals surface area contributed by atoms with Crippen LogP contribution in [-0.4, -0.2) is 64.6 Å². The standard InChI is InChI=1S/C17H26N4O3/c1-3-12-8-16(22)19-15(18-12)11-21-10-13(24-2)9-14(21)17(23)20-6-4-5-7-20/h8,13-14H,3-7,9-11H2,1-2H3,(H,18,19,22)/t13-,14-/m0/s1. The van der Waals surface area contributed by atoms with E-state index in [0.29, 0.717) is 31.8 Å². The van der Waals surface area contributed by atoms with Crippen LogP contribution >= 0.6 is 0 Å². The van der Waals surface area contributed by atoms with Gasteiger partial charge in [-0.2, -0.15) is 0 Å². The third-order valence-electron chi connectivity index (χ3n) is 4.96. The molecule has 1 N–H and O–H groups in total. The molecule has 2 aliphatic heterocycles. The second kappa shape index (κ2) is 7.44. The first kappa shape index (κ1) is 17.1. The summed E-state index contributed by atoms with van der Waals surface area (Å²) in [5, 5.41) is 0. The molecule has 3 rings (SSSR count). The summed E-state index contributed by atoms with van der Waals surface area (Å²) in [5.74, 6) is 0.802. The van der Waals surface area contributed by atoms with E-state index < -0.39 is 0 Å². The minimum atomic E-state index is -0.191. The predicted molar refractivity (Wildman–Crippen MR) is 89.7 cm³/mol. The average molecular weight is 334 g/mol. The molecule has 7 nitrogen and oxygen atoms in total. The number of H-pyrrole nitrogens is 1. The van der Waals surface area contributed by atoms with Gasteiger partial charge in [0.25, 0.3) is 5.56 Å². The third kappa shape index (κ3) is 3.67. The number of hydrogen-bond donors (Lipinski definition) is 1. The van der Waals surface area contributed by atoms with Crippen molar-refractivity contribution in [1.29, 1.82) is 0 Å². The van der Waals surface area contributed by atoms with Crippen LogP contribution in [0.2, 0.25) is 0 Å². The number of likely N-dealkylation sites (tertiary alicyclic amines) is 2. The van der Waals surface area contributed by atoms with Crippen molar-refractivity contribution in [3.8, 4) is 0 Å². The van der Waals surface area contributed by atoms with Gasteiger partial charge >= 0.3 is 0 Å². The lowest BCUT2D eigenvalue weighted by molar-refractivity contribution is -0.135. The minimum Gasteiger partial charge on any atom is -0.380 e. The van der Waals surface area contributed by atoms with E-state index in [2.05, 4.69) is 14.9 Å². The first-order valence-corrected chi connectivity index (χ1v) is 8.75. The molecule has 2 aliphatic rings. The molecule has 0 aromatic carbocycles. The molecule has 0 bridgehead atoms. The molecular weight excluding hydrogens is 308 g/mol. The van der Waals surface area contributed by atoms with Crippen LogP contribution in [0.4, 0.5) is 0 Å². The number of ether oxygens (including phenoxy) is 1. The van der Waals surface area contributed by atoms with Gasteiger partial charge < -0.3 is 14.6 Å². The molecule has 24 heavy (non-hydrogen) atoms. The zero-order chi connectivity index (χ0) is 17.1. The molecule has 2 saturated heterocycles. The fraction of sp³-hybridized carbons (Fsp3) is 0.706. The maximum Gasteiger partial charge on any atom is 0.251 e. The molecule has 1 aromatic rings. The highest BCUT2D eigenvalue weighted by molar-refractivity contribution is 5.82. The van der Waals surface area contributed by atoms with Crippen molar-refractivity contribution < 1.29 is 9.53 Å². The molecule has 1 aromatic heterocycles. The highest BCUT2D eigenvalue weighted by atomic mass is 16.5. The van der Waals surface area contributed by atoms with Gasteiger partial charge in [0.15, 0.2) is 0 Å². The first-order valence-electron chi connectivity index (χ1n) is 8.75. The van der Waals surface area contributed by atoms with Crippen LogP contribution in [0.15, 0.2) is 10.9 Å². The van der Waals surface area contributed by atoms with Gasteiger partial charge in [0.1, 0.15) is 5.82 Å². The van der Waals surface area contributed by atoms with Crippen molar-refractivity contribution in [1.82, 2.24) is 19.8 Å². The van der Waals surface area contributed by atoms with Crippen molar-refractivity contribution >= 4 is 5.91 Å². The zero-order valence-corrected chi connectivity index (χ0v) is 14.5. The quantitative estimate of drug-likeness (QED) is 0.850. The van der Waals surface area contributed by atoms with Crippen LogP contribution < -0.4 is 5.56 Å². The molecule has 0 unspecified atom stereocenters.